The summed E-state index contributed by atoms with van der Waals surface area (Å²) < 4.78 is 7.23. The first kappa shape index (κ1) is 19.5. The molecule has 6 nitrogen and oxygen atoms in total. The molecule has 6 heteroatoms. The van der Waals surface area contributed by atoms with Crippen molar-refractivity contribution >= 4 is 11.4 Å². The van der Waals surface area contributed by atoms with Crippen LogP contribution in [0.1, 0.15) is 36.2 Å². The Morgan fingerprint density at radius 1 is 1.17 bits per heavy atom. The van der Waals surface area contributed by atoms with Crippen LogP contribution in [0.4, 0.5) is 11.4 Å². The number of nitrogens with zero attached hydrogens (tertiary/aromatic N) is 4. The average molecular weight is 392 g/mol. The van der Waals surface area contributed by atoms with E-state index in [1.807, 2.05) is 35.1 Å². The first-order valence-corrected chi connectivity index (χ1v) is 10.3. The molecule has 1 aliphatic rings. The van der Waals surface area contributed by atoms with Gasteiger partial charge in [0.25, 0.3) is 0 Å². The van der Waals surface area contributed by atoms with Gasteiger partial charge in [0, 0.05) is 60.1 Å². The standard InChI is InChI=1S/C23H29N5O/c1-4-28-15-18(13-24-28)14-27-10-9-19(16-27)23-12-21(11-17(2)25-23)26-20-5-7-22(29-3)8-6-20/h5-8,11-13,15,19H,4,9-10,14,16H2,1-3H3,(H,25,26)/t19-/m1/s1. The number of aromatic nitrogens is 3. The molecule has 1 saturated heterocycles. The van der Waals surface area contributed by atoms with Crippen LogP contribution in [0.3, 0.4) is 0 Å². The Kier molecular flexibility index (Phi) is 5.81. The SMILES string of the molecule is CCn1cc(CN2CC[C@@H](c3cc(Nc4ccc(OC)cc4)cc(C)n3)C2)cn1. The molecule has 29 heavy (non-hydrogen) atoms. The highest BCUT2D eigenvalue weighted by Crippen LogP contribution is 2.30. The predicted octanol–water partition coefficient (Wildman–Crippen LogP) is 4.35. The Hall–Kier alpha value is -2.86. The minimum Gasteiger partial charge on any atom is -0.497 e. The Morgan fingerprint density at radius 2 is 2.00 bits per heavy atom. The van der Waals surface area contributed by atoms with Gasteiger partial charge in [-0.1, -0.05) is 0 Å². The van der Waals surface area contributed by atoms with Crippen molar-refractivity contribution in [2.24, 2.45) is 0 Å². The summed E-state index contributed by atoms with van der Waals surface area (Å²) in [6.45, 7) is 8.19. The van der Waals surface area contributed by atoms with E-state index >= 15 is 0 Å². The van der Waals surface area contributed by atoms with Crippen LogP contribution in [0, 0.1) is 6.92 Å². The second kappa shape index (κ2) is 8.66. The van der Waals surface area contributed by atoms with Crippen molar-refractivity contribution in [3.8, 4) is 5.75 Å². The molecule has 2 aromatic heterocycles. The fourth-order valence-electron chi connectivity index (χ4n) is 3.95. The van der Waals surface area contributed by atoms with Gasteiger partial charge in [0.2, 0.25) is 0 Å². The number of ether oxygens (including phenoxy) is 1. The zero-order chi connectivity index (χ0) is 20.2. The number of benzene rings is 1. The van der Waals surface area contributed by atoms with Gasteiger partial charge in [0.15, 0.2) is 0 Å². The molecule has 0 unspecified atom stereocenters. The summed E-state index contributed by atoms with van der Waals surface area (Å²) in [7, 11) is 1.68. The van der Waals surface area contributed by atoms with E-state index in [0.717, 1.165) is 55.4 Å². The summed E-state index contributed by atoms with van der Waals surface area (Å²) in [6.07, 6.45) is 5.27. The lowest BCUT2D eigenvalue weighted by atomic mass is 10.0. The number of hydrogen-bond donors (Lipinski definition) is 1. The normalized spacial score (nSPS) is 16.9. The van der Waals surface area contributed by atoms with Gasteiger partial charge in [-0.15, -0.1) is 0 Å². The molecule has 1 aliphatic heterocycles. The highest BCUT2D eigenvalue weighted by molar-refractivity contribution is 5.61. The van der Waals surface area contributed by atoms with E-state index < -0.39 is 0 Å². The van der Waals surface area contributed by atoms with Gasteiger partial charge in [-0.25, -0.2) is 0 Å². The highest BCUT2D eigenvalue weighted by atomic mass is 16.5. The number of likely N-dealkylation sites (tertiary alicyclic amines) is 1. The summed E-state index contributed by atoms with van der Waals surface area (Å²) in [6, 6.07) is 12.3. The minimum absolute atomic E-state index is 0.465. The zero-order valence-corrected chi connectivity index (χ0v) is 17.4. The molecule has 3 heterocycles. The summed E-state index contributed by atoms with van der Waals surface area (Å²) >= 11 is 0. The molecule has 0 aliphatic carbocycles. The van der Waals surface area contributed by atoms with Crippen molar-refractivity contribution in [3.05, 3.63) is 65.7 Å². The van der Waals surface area contributed by atoms with Crippen molar-refractivity contribution < 1.29 is 4.74 Å². The Labute approximate surface area is 172 Å². The summed E-state index contributed by atoms with van der Waals surface area (Å²) in [5.74, 6) is 1.32. The summed E-state index contributed by atoms with van der Waals surface area (Å²) in [5.41, 5.74) is 5.63. The van der Waals surface area contributed by atoms with Gasteiger partial charge in [0.1, 0.15) is 5.75 Å². The van der Waals surface area contributed by atoms with Crippen molar-refractivity contribution in [1.29, 1.82) is 0 Å². The maximum atomic E-state index is 5.24. The van der Waals surface area contributed by atoms with E-state index in [9.17, 15) is 0 Å². The van der Waals surface area contributed by atoms with Gasteiger partial charge in [-0.2, -0.15) is 5.10 Å². The van der Waals surface area contributed by atoms with Crippen LogP contribution >= 0.6 is 0 Å². The molecule has 3 aromatic rings. The molecule has 4 rings (SSSR count). The molecule has 0 spiro atoms. The van der Waals surface area contributed by atoms with Crippen LogP contribution in [0.2, 0.25) is 0 Å². The van der Waals surface area contributed by atoms with Gasteiger partial charge in [0.05, 0.1) is 13.3 Å². The summed E-state index contributed by atoms with van der Waals surface area (Å²) in [5, 5.41) is 7.89. The molecule has 152 valence electrons. The minimum atomic E-state index is 0.465. The quantitative estimate of drug-likeness (QED) is 0.649. The zero-order valence-electron chi connectivity index (χ0n) is 17.4. The maximum Gasteiger partial charge on any atom is 0.119 e. The molecule has 0 amide bonds. The second-order valence-electron chi connectivity index (χ2n) is 7.70. The fraction of sp³-hybridized carbons (Fsp3) is 0.391. The molecule has 1 N–H and O–H groups in total. The van der Waals surface area contributed by atoms with E-state index in [2.05, 4.69) is 47.5 Å². The maximum absolute atomic E-state index is 5.24. The topological polar surface area (TPSA) is 55.2 Å². The number of methoxy groups -OCH3 is 1. The molecule has 1 atom stereocenters. The van der Waals surface area contributed by atoms with Crippen LogP contribution < -0.4 is 10.1 Å². The fourth-order valence-corrected chi connectivity index (χ4v) is 3.95. The number of nitrogens with one attached hydrogen (secondary N) is 1. The third kappa shape index (κ3) is 4.77. The molecular weight excluding hydrogens is 362 g/mol. The lowest BCUT2D eigenvalue weighted by molar-refractivity contribution is 0.326. The van der Waals surface area contributed by atoms with Crippen molar-refractivity contribution in [2.75, 3.05) is 25.5 Å². The van der Waals surface area contributed by atoms with Crippen molar-refractivity contribution in [2.45, 2.75) is 39.3 Å². The van der Waals surface area contributed by atoms with Crippen molar-refractivity contribution in [3.63, 3.8) is 0 Å². The second-order valence-corrected chi connectivity index (χ2v) is 7.70. The number of hydrogen-bond acceptors (Lipinski definition) is 5. The molecular formula is C23H29N5O. The number of aryl methyl sites for hydroxylation is 2. The van der Waals surface area contributed by atoms with Gasteiger partial charge in [-0.3, -0.25) is 14.6 Å². The lowest BCUT2D eigenvalue weighted by Crippen LogP contribution is -2.19. The molecule has 0 bridgehead atoms. The Balaban J connectivity index is 1.43. The van der Waals surface area contributed by atoms with E-state index in [0.29, 0.717) is 5.92 Å². The third-order valence-electron chi connectivity index (χ3n) is 5.46. The Bertz CT molecular complexity index is 950. The van der Waals surface area contributed by atoms with E-state index in [-0.39, 0.29) is 0 Å². The van der Waals surface area contributed by atoms with Crippen LogP contribution in [-0.2, 0) is 13.1 Å². The van der Waals surface area contributed by atoms with Crippen LogP contribution in [-0.4, -0.2) is 39.9 Å². The van der Waals surface area contributed by atoms with E-state index in [4.69, 9.17) is 9.72 Å². The molecule has 1 aromatic carbocycles. The largest absolute Gasteiger partial charge is 0.497 e. The monoisotopic (exact) mass is 391 g/mol. The first-order valence-electron chi connectivity index (χ1n) is 10.3. The van der Waals surface area contributed by atoms with Crippen LogP contribution in [0.25, 0.3) is 0 Å². The molecule has 1 fully saturated rings. The average Bonchev–Trinajstić information content (AvgIpc) is 3.38. The molecule has 0 radical (unpaired) electrons. The number of anilines is 2. The predicted molar refractivity (Wildman–Crippen MR) is 116 cm³/mol. The number of rotatable bonds is 7. The molecule has 0 saturated carbocycles. The lowest BCUT2D eigenvalue weighted by Gasteiger charge is -2.16. The van der Waals surface area contributed by atoms with Crippen molar-refractivity contribution in [1.82, 2.24) is 19.7 Å². The smallest absolute Gasteiger partial charge is 0.119 e. The van der Waals surface area contributed by atoms with Gasteiger partial charge >= 0.3 is 0 Å². The van der Waals surface area contributed by atoms with Crippen LogP contribution in [0.5, 0.6) is 5.75 Å². The van der Waals surface area contributed by atoms with E-state index in [1.54, 1.807) is 7.11 Å². The third-order valence-corrected chi connectivity index (χ3v) is 5.46. The Morgan fingerprint density at radius 3 is 2.72 bits per heavy atom. The highest BCUT2D eigenvalue weighted by Gasteiger charge is 2.25. The number of pyridine rings is 1. The van der Waals surface area contributed by atoms with Gasteiger partial charge in [-0.05, 0) is 63.2 Å². The first-order chi connectivity index (χ1) is 14.1. The van der Waals surface area contributed by atoms with E-state index in [1.165, 1.54) is 11.3 Å². The van der Waals surface area contributed by atoms with Crippen LogP contribution in [0.15, 0.2) is 48.8 Å². The van der Waals surface area contributed by atoms with Gasteiger partial charge < -0.3 is 10.1 Å². The summed E-state index contributed by atoms with van der Waals surface area (Å²) in [4.78, 5) is 7.34.